The van der Waals surface area contributed by atoms with Crippen molar-refractivity contribution in [1.29, 1.82) is 0 Å². The molecule has 0 N–H and O–H groups in total. The molecular formula is C37H51BrN4O6. The van der Waals surface area contributed by atoms with Gasteiger partial charge in [0, 0.05) is 73.6 Å². The van der Waals surface area contributed by atoms with Gasteiger partial charge in [0.15, 0.2) is 5.60 Å². The minimum atomic E-state index is -1.11. The van der Waals surface area contributed by atoms with E-state index >= 15 is 0 Å². The normalized spacial score (nSPS) is 18.7. The molecule has 2 heterocycles. The van der Waals surface area contributed by atoms with Crippen LogP contribution in [0.15, 0.2) is 46.9 Å². The Hall–Kier alpha value is -3.47. The Morgan fingerprint density at radius 1 is 0.917 bits per heavy atom. The Kier molecular flexibility index (Phi) is 11.2. The number of piperazine rings is 1. The topological polar surface area (TPSA) is 91.9 Å². The molecule has 1 atom stereocenters. The fraction of sp³-hybridized carbons (Fsp3) is 0.595. The van der Waals surface area contributed by atoms with Gasteiger partial charge in [-0.25, -0.2) is 4.79 Å². The van der Waals surface area contributed by atoms with E-state index in [2.05, 4.69) is 25.7 Å². The first-order valence-electron chi connectivity index (χ1n) is 17.3. The SMILES string of the molecule is CCOc1cc(Br)ccc1CN(C(=O)[C@@H]1CCCN(c2cccc(OC(C)(C)C(=O)N3CCN(C(=O)OC(C)(C)C)CC3)c2)C1)C1CC1. The van der Waals surface area contributed by atoms with Crippen LogP contribution in [0.3, 0.4) is 0 Å². The summed E-state index contributed by atoms with van der Waals surface area (Å²) in [7, 11) is 0. The van der Waals surface area contributed by atoms with Crippen LogP contribution in [-0.4, -0.2) is 95.7 Å². The number of carbonyl (C=O) groups excluding carboxylic acids is 3. The predicted molar refractivity (Wildman–Crippen MR) is 189 cm³/mol. The minimum absolute atomic E-state index is 0.104. The Morgan fingerprint density at radius 3 is 2.29 bits per heavy atom. The van der Waals surface area contributed by atoms with Gasteiger partial charge in [-0.2, -0.15) is 0 Å². The van der Waals surface area contributed by atoms with Gasteiger partial charge < -0.3 is 33.8 Å². The van der Waals surface area contributed by atoms with Gasteiger partial charge in [0.25, 0.3) is 5.91 Å². The van der Waals surface area contributed by atoms with Gasteiger partial charge in [-0.3, -0.25) is 9.59 Å². The van der Waals surface area contributed by atoms with Crippen molar-refractivity contribution in [3.8, 4) is 11.5 Å². The Bertz CT molecular complexity index is 1460. The molecule has 3 amide bonds. The largest absolute Gasteiger partial charge is 0.493 e. The standard InChI is InChI=1S/C37H51BrN4O6/c1-7-46-32-22-28(38)14-13-26(32)25-42(29-15-16-29)33(43)27-10-9-17-41(24-27)30-11-8-12-31(23-30)47-37(5,6)34(44)39-18-20-40(21-19-39)35(45)48-36(2,3)4/h8,11-14,22-23,27,29H,7,9-10,15-21,24-25H2,1-6H3/t27-/m1/s1. The molecule has 0 aromatic heterocycles. The first-order chi connectivity index (χ1) is 22.7. The molecule has 11 heteroatoms. The highest BCUT2D eigenvalue weighted by Gasteiger charge is 2.39. The van der Waals surface area contributed by atoms with Crippen molar-refractivity contribution in [2.45, 2.75) is 91.0 Å². The van der Waals surface area contributed by atoms with Crippen LogP contribution < -0.4 is 14.4 Å². The lowest BCUT2D eigenvalue weighted by atomic mass is 9.95. The number of hydrogen-bond donors (Lipinski definition) is 0. The number of ether oxygens (including phenoxy) is 3. The van der Waals surface area contributed by atoms with Gasteiger partial charge in [-0.15, -0.1) is 0 Å². The summed E-state index contributed by atoms with van der Waals surface area (Å²) in [6, 6.07) is 14.1. The third-order valence-corrected chi connectivity index (χ3v) is 9.49. The Balaban J connectivity index is 1.20. The van der Waals surface area contributed by atoms with Crippen LogP contribution in [-0.2, 0) is 20.9 Å². The fourth-order valence-corrected chi connectivity index (χ4v) is 6.77. The second-order valence-electron chi connectivity index (χ2n) is 14.5. The van der Waals surface area contributed by atoms with E-state index in [1.807, 2.05) is 70.2 Å². The molecule has 0 spiro atoms. The van der Waals surface area contributed by atoms with Crippen molar-refractivity contribution in [3.63, 3.8) is 0 Å². The van der Waals surface area contributed by atoms with Crippen molar-refractivity contribution in [2.24, 2.45) is 5.92 Å². The lowest BCUT2D eigenvalue weighted by Gasteiger charge is -2.39. The lowest BCUT2D eigenvalue weighted by molar-refractivity contribution is -0.147. The number of benzene rings is 2. The summed E-state index contributed by atoms with van der Waals surface area (Å²) >= 11 is 3.54. The second kappa shape index (κ2) is 15.0. The zero-order chi connectivity index (χ0) is 34.6. The average Bonchev–Trinajstić information content (AvgIpc) is 3.89. The highest BCUT2D eigenvalue weighted by atomic mass is 79.9. The predicted octanol–water partition coefficient (Wildman–Crippen LogP) is 6.49. The molecule has 2 aliphatic heterocycles. The summed E-state index contributed by atoms with van der Waals surface area (Å²) < 4.78 is 18.7. The molecule has 10 nitrogen and oxygen atoms in total. The molecule has 0 bridgehead atoms. The van der Waals surface area contributed by atoms with E-state index in [-0.39, 0.29) is 29.9 Å². The number of halogens is 1. The van der Waals surface area contributed by atoms with Crippen molar-refractivity contribution < 1.29 is 28.6 Å². The van der Waals surface area contributed by atoms with Crippen LogP contribution in [0.25, 0.3) is 0 Å². The first kappa shape index (κ1) is 35.8. The molecule has 0 radical (unpaired) electrons. The number of rotatable bonds is 10. The van der Waals surface area contributed by atoms with Gasteiger partial charge in [-0.05, 0) is 91.5 Å². The number of hydrogen-bond acceptors (Lipinski definition) is 7. The number of anilines is 1. The van der Waals surface area contributed by atoms with Crippen LogP contribution in [0, 0.1) is 5.92 Å². The van der Waals surface area contributed by atoms with Crippen molar-refractivity contribution in [2.75, 3.05) is 50.8 Å². The third kappa shape index (κ3) is 9.15. The van der Waals surface area contributed by atoms with Crippen molar-refractivity contribution in [1.82, 2.24) is 14.7 Å². The van der Waals surface area contributed by atoms with E-state index in [1.165, 1.54) is 0 Å². The van der Waals surface area contributed by atoms with Gasteiger partial charge in [0.05, 0.1) is 12.5 Å². The minimum Gasteiger partial charge on any atom is -0.493 e. The van der Waals surface area contributed by atoms with Gasteiger partial charge in [0.2, 0.25) is 5.91 Å². The summed E-state index contributed by atoms with van der Waals surface area (Å²) in [5, 5.41) is 0. The van der Waals surface area contributed by atoms with Crippen LogP contribution in [0.1, 0.15) is 72.8 Å². The molecule has 48 heavy (non-hydrogen) atoms. The number of piperidine rings is 1. The summed E-state index contributed by atoms with van der Waals surface area (Å²) in [5.41, 5.74) is 0.333. The molecule has 1 aliphatic carbocycles. The second-order valence-corrected chi connectivity index (χ2v) is 15.5. The molecule has 2 aromatic rings. The number of amides is 3. The van der Waals surface area contributed by atoms with Crippen LogP contribution in [0.4, 0.5) is 10.5 Å². The van der Waals surface area contributed by atoms with Crippen LogP contribution >= 0.6 is 15.9 Å². The summed E-state index contributed by atoms with van der Waals surface area (Å²) in [6.45, 7) is 15.3. The molecule has 3 fully saturated rings. The zero-order valence-corrected chi connectivity index (χ0v) is 30.9. The van der Waals surface area contributed by atoms with Crippen molar-refractivity contribution >= 4 is 39.5 Å². The molecule has 2 saturated heterocycles. The van der Waals surface area contributed by atoms with E-state index in [1.54, 1.807) is 23.6 Å². The fourth-order valence-electron chi connectivity index (χ4n) is 6.43. The Labute approximate surface area is 293 Å². The van der Waals surface area contributed by atoms with E-state index in [0.717, 1.165) is 53.7 Å². The molecular weight excluding hydrogens is 676 g/mol. The zero-order valence-electron chi connectivity index (χ0n) is 29.3. The maximum absolute atomic E-state index is 14.0. The molecule has 3 aliphatic rings. The van der Waals surface area contributed by atoms with Crippen molar-refractivity contribution in [3.05, 3.63) is 52.5 Å². The Morgan fingerprint density at radius 2 is 1.62 bits per heavy atom. The van der Waals surface area contributed by atoms with Gasteiger partial charge in [-0.1, -0.05) is 28.1 Å². The molecule has 2 aromatic carbocycles. The quantitative estimate of drug-likeness (QED) is 0.276. The molecule has 5 rings (SSSR count). The highest BCUT2D eigenvalue weighted by Crippen LogP contribution is 2.35. The maximum atomic E-state index is 14.0. The first-order valence-corrected chi connectivity index (χ1v) is 18.1. The summed E-state index contributed by atoms with van der Waals surface area (Å²) in [4.78, 5) is 47.8. The van der Waals surface area contributed by atoms with Crippen LogP contribution in [0.2, 0.25) is 0 Å². The van der Waals surface area contributed by atoms with E-state index in [9.17, 15) is 14.4 Å². The molecule has 0 unspecified atom stereocenters. The number of nitrogens with zero attached hydrogens (tertiary/aromatic N) is 4. The number of carbonyl (C=O) groups is 3. The summed E-state index contributed by atoms with van der Waals surface area (Å²) in [6.07, 6.45) is 3.49. The maximum Gasteiger partial charge on any atom is 0.410 e. The van der Waals surface area contributed by atoms with Gasteiger partial charge >= 0.3 is 6.09 Å². The summed E-state index contributed by atoms with van der Waals surface area (Å²) in [5.74, 6) is 1.39. The van der Waals surface area contributed by atoms with E-state index in [4.69, 9.17) is 14.2 Å². The molecule has 262 valence electrons. The third-order valence-electron chi connectivity index (χ3n) is 9.00. The van der Waals surface area contributed by atoms with Crippen LogP contribution in [0.5, 0.6) is 11.5 Å². The monoisotopic (exact) mass is 726 g/mol. The highest BCUT2D eigenvalue weighted by molar-refractivity contribution is 9.10. The van der Waals surface area contributed by atoms with E-state index in [0.29, 0.717) is 51.6 Å². The van der Waals surface area contributed by atoms with E-state index < -0.39 is 11.2 Å². The smallest absolute Gasteiger partial charge is 0.410 e. The lowest BCUT2D eigenvalue weighted by Crippen LogP contribution is -2.57. The van der Waals surface area contributed by atoms with Gasteiger partial charge in [0.1, 0.15) is 17.1 Å². The molecule has 1 saturated carbocycles. The average molecular weight is 728 g/mol.